The normalized spacial score (nSPS) is 27.4. The lowest BCUT2D eigenvalue weighted by atomic mass is 9.89. The molecule has 0 bridgehead atoms. The quantitative estimate of drug-likeness (QED) is 0.724. The van der Waals surface area contributed by atoms with Gasteiger partial charge in [0.2, 0.25) is 5.91 Å². The first-order chi connectivity index (χ1) is 6.56. The fraction of sp³-hybridized carbons (Fsp3) is 0.800. The van der Waals surface area contributed by atoms with Crippen LogP contribution in [0.3, 0.4) is 0 Å². The summed E-state index contributed by atoms with van der Waals surface area (Å²) in [5, 5.41) is 8.98. The van der Waals surface area contributed by atoms with E-state index in [4.69, 9.17) is 5.11 Å². The Morgan fingerprint density at radius 2 is 2.14 bits per heavy atom. The standard InChI is InChI=1S/C10H17NO3/c1-3-8-4-5-11(7(2)12)9(6-8)10(13)14/h8-9H,3-6H2,1-2H3,(H,13,14)/t8-,9+/m1/s1. The van der Waals surface area contributed by atoms with Gasteiger partial charge in [0, 0.05) is 13.5 Å². The zero-order valence-electron chi connectivity index (χ0n) is 8.69. The lowest BCUT2D eigenvalue weighted by molar-refractivity contribution is -0.152. The van der Waals surface area contributed by atoms with Gasteiger partial charge in [-0.25, -0.2) is 4.79 Å². The van der Waals surface area contributed by atoms with Crippen LogP contribution < -0.4 is 0 Å². The molecule has 1 N–H and O–H groups in total. The highest BCUT2D eigenvalue weighted by Gasteiger charge is 2.33. The number of rotatable bonds is 2. The maximum absolute atomic E-state index is 11.2. The van der Waals surface area contributed by atoms with Gasteiger partial charge in [-0.15, -0.1) is 0 Å². The van der Waals surface area contributed by atoms with Crippen LogP contribution >= 0.6 is 0 Å². The van der Waals surface area contributed by atoms with Crippen LogP contribution in [0.15, 0.2) is 0 Å². The predicted molar refractivity (Wildman–Crippen MR) is 51.8 cm³/mol. The highest BCUT2D eigenvalue weighted by atomic mass is 16.4. The van der Waals surface area contributed by atoms with Gasteiger partial charge in [-0.1, -0.05) is 13.3 Å². The van der Waals surface area contributed by atoms with Gasteiger partial charge in [-0.2, -0.15) is 0 Å². The average molecular weight is 199 g/mol. The van der Waals surface area contributed by atoms with E-state index in [1.54, 1.807) is 0 Å². The smallest absolute Gasteiger partial charge is 0.326 e. The Bertz CT molecular complexity index is 240. The third-order valence-electron chi connectivity index (χ3n) is 2.98. The first-order valence-corrected chi connectivity index (χ1v) is 5.06. The van der Waals surface area contributed by atoms with Crippen LogP contribution in [0.4, 0.5) is 0 Å². The molecule has 1 heterocycles. The van der Waals surface area contributed by atoms with Crippen molar-refractivity contribution in [3.8, 4) is 0 Å². The Kier molecular flexibility index (Phi) is 3.49. The van der Waals surface area contributed by atoms with Crippen molar-refractivity contribution in [3.05, 3.63) is 0 Å². The summed E-state index contributed by atoms with van der Waals surface area (Å²) in [4.78, 5) is 23.6. The minimum Gasteiger partial charge on any atom is -0.480 e. The van der Waals surface area contributed by atoms with Crippen LogP contribution in [0, 0.1) is 5.92 Å². The molecule has 1 fully saturated rings. The van der Waals surface area contributed by atoms with E-state index in [0.29, 0.717) is 18.9 Å². The lowest BCUT2D eigenvalue weighted by Gasteiger charge is -2.36. The van der Waals surface area contributed by atoms with Gasteiger partial charge in [0.05, 0.1) is 0 Å². The second kappa shape index (κ2) is 4.44. The molecule has 1 aliphatic rings. The fourth-order valence-electron chi connectivity index (χ4n) is 2.02. The molecule has 4 heteroatoms. The molecule has 0 aromatic heterocycles. The molecule has 1 aliphatic heterocycles. The molecule has 1 rings (SSSR count). The van der Waals surface area contributed by atoms with Crippen molar-refractivity contribution in [2.24, 2.45) is 5.92 Å². The summed E-state index contributed by atoms with van der Waals surface area (Å²) >= 11 is 0. The van der Waals surface area contributed by atoms with Crippen LogP contribution in [0.25, 0.3) is 0 Å². The molecule has 0 aromatic carbocycles. The zero-order chi connectivity index (χ0) is 10.7. The second-order valence-corrected chi connectivity index (χ2v) is 3.87. The number of likely N-dealkylation sites (tertiary alicyclic amines) is 1. The highest BCUT2D eigenvalue weighted by Crippen LogP contribution is 2.25. The molecule has 14 heavy (non-hydrogen) atoms. The van der Waals surface area contributed by atoms with Crippen molar-refractivity contribution in [2.45, 2.75) is 39.2 Å². The Hall–Kier alpha value is -1.06. The van der Waals surface area contributed by atoms with Gasteiger partial charge in [0.1, 0.15) is 6.04 Å². The van der Waals surface area contributed by atoms with E-state index < -0.39 is 12.0 Å². The lowest BCUT2D eigenvalue weighted by Crippen LogP contribution is -2.49. The molecule has 80 valence electrons. The second-order valence-electron chi connectivity index (χ2n) is 3.87. The minimum atomic E-state index is -0.877. The van der Waals surface area contributed by atoms with Crippen molar-refractivity contribution in [1.29, 1.82) is 0 Å². The topological polar surface area (TPSA) is 57.6 Å². The number of hydrogen-bond acceptors (Lipinski definition) is 2. The molecule has 0 unspecified atom stereocenters. The summed E-state index contributed by atoms with van der Waals surface area (Å²) in [6.45, 7) is 4.08. The summed E-state index contributed by atoms with van der Waals surface area (Å²) in [6.07, 6.45) is 2.53. The maximum Gasteiger partial charge on any atom is 0.326 e. The van der Waals surface area contributed by atoms with Crippen LogP contribution in [-0.4, -0.2) is 34.5 Å². The first kappa shape index (κ1) is 11.0. The van der Waals surface area contributed by atoms with E-state index in [1.807, 2.05) is 0 Å². The third-order valence-corrected chi connectivity index (χ3v) is 2.98. The van der Waals surface area contributed by atoms with Gasteiger partial charge < -0.3 is 10.0 Å². The summed E-state index contributed by atoms with van der Waals surface area (Å²) in [5.74, 6) is -0.558. The third kappa shape index (κ3) is 2.25. The van der Waals surface area contributed by atoms with Crippen molar-refractivity contribution in [3.63, 3.8) is 0 Å². The number of carboxylic acids is 1. The molecule has 4 nitrogen and oxygen atoms in total. The Morgan fingerprint density at radius 3 is 2.57 bits per heavy atom. The molecule has 1 saturated heterocycles. The number of amides is 1. The van der Waals surface area contributed by atoms with Gasteiger partial charge in [0.15, 0.2) is 0 Å². The van der Waals surface area contributed by atoms with Crippen molar-refractivity contribution >= 4 is 11.9 Å². The summed E-state index contributed by atoms with van der Waals surface area (Å²) in [7, 11) is 0. The van der Waals surface area contributed by atoms with E-state index in [0.717, 1.165) is 12.8 Å². The molecule has 1 amide bonds. The van der Waals surface area contributed by atoms with E-state index >= 15 is 0 Å². The average Bonchev–Trinajstić information content (AvgIpc) is 2.16. The molecule has 0 saturated carbocycles. The van der Waals surface area contributed by atoms with Crippen molar-refractivity contribution in [1.82, 2.24) is 4.90 Å². The number of piperidine rings is 1. The Morgan fingerprint density at radius 1 is 1.50 bits per heavy atom. The van der Waals surface area contributed by atoms with E-state index in [9.17, 15) is 9.59 Å². The molecular formula is C10H17NO3. The van der Waals surface area contributed by atoms with Crippen LogP contribution in [-0.2, 0) is 9.59 Å². The van der Waals surface area contributed by atoms with Crippen molar-refractivity contribution < 1.29 is 14.7 Å². The number of aliphatic carboxylic acids is 1. The minimum absolute atomic E-state index is 0.132. The Labute approximate surface area is 83.9 Å². The molecule has 0 radical (unpaired) electrons. The number of nitrogens with zero attached hydrogens (tertiary/aromatic N) is 1. The monoisotopic (exact) mass is 199 g/mol. The first-order valence-electron chi connectivity index (χ1n) is 5.06. The zero-order valence-corrected chi connectivity index (χ0v) is 8.69. The van der Waals surface area contributed by atoms with Crippen molar-refractivity contribution in [2.75, 3.05) is 6.54 Å². The molecular weight excluding hydrogens is 182 g/mol. The number of carboxylic acid groups (broad SMARTS) is 1. The Balaban J connectivity index is 2.70. The van der Waals surface area contributed by atoms with E-state index in [2.05, 4.69) is 6.92 Å². The van der Waals surface area contributed by atoms with E-state index in [-0.39, 0.29) is 5.91 Å². The number of hydrogen-bond donors (Lipinski definition) is 1. The van der Waals surface area contributed by atoms with Crippen LogP contribution in [0.5, 0.6) is 0 Å². The summed E-state index contributed by atoms with van der Waals surface area (Å²) in [6, 6.07) is -0.605. The van der Waals surface area contributed by atoms with Crippen LogP contribution in [0.2, 0.25) is 0 Å². The number of carbonyl (C=O) groups is 2. The van der Waals surface area contributed by atoms with E-state index in [1.165, 1.54) is 11.8 Å². The summed E-state index contributed by atoms with van der Waals surface area (Å²) < 4.78 is 0. The maximum atomic E-state index is 11.2. The largest absolute Gasteiger partial charge is 0.480 e. The molecule has 0 aliphatic carbocycles. The SMILES string of the molecule is CC[C@@H]1CCN(C(C)=O)[C@H](C(=O)O)C1. The van der Waals surface area contributed by atoms with Crippen LogP contribution in [0.1, 0.15) is 33.1 Å². The molecule has 2 atom stereocenters. The predicted octanol–water partition coefficient (Wildman–Crippen LogP) is 1.11. The molecule has 0 aromatic rings. The van der Waals surface area contributed by atoms with Gasteiger partial charge in [0.25, 0.3) is 0 Å². The van der Waals surface area contributed by atoms with Gasteiger partial charge in [-0.3, -0.25) is 4.79 Å². The summed E-state index contributed by atoms with van der Waals surface area (Å²) in [5.41, 5.74) is 0. The van der Waals surface area contributed by atoms with Gasteiger partial charge in [-0.05, 0) is 18.8 Å². The highest BCUT2D eigenvalue weighted by molar-refractivity contribution is 5.82. The fourth-order valence-corrected chi connectivity index (χ4v) is 2.02. The van der Waals surface area contributed by atoms with Gasteiger partial charge >= 0.3 is 5.97 Å². The molecule has 0 spiro atoms. The number of carbonyl (C=O) groups excluding carboxylic acids is 1.